The maximum atomic E-state index is 13.1. The zero-order valence-electron chi connectivity index (χ0n) is 17.6. The molecule has 1 saturated heterocycles. The molecule has 33 heavy (non-hydrogen) atoms. The number of benzene rings is 3. The fraction of sp³-hybridized carbons (Fsp3) is 0.120. The van der Waals surface area contributed by atoms with Crippen LogP contribution in [0, 0.1) is 5.82 Å². The predicted octanol–water partition coefficient (Wildman–Crippen LogP) is 6.41. The Kier molecular flexibility index (Phi) is 7.15. The first-order chi connectivity index (χ1) is 15.9. The lowest BCUT2D eigenvalue weighted by molar-refractivity contribution is -0.123. The van der Waals surface area contributed by atoms with Gasteiger partial charge in [0.05, 0.1) is 18.6 Å². The van der Waals surface area contributed by atoms with Crippen LogP contribution in [0.4, 0.5) is 9.18 Å². The van der Waals surface area contributed by atoms with Crippen LogP contribution in [0.2, 0.25) is 0 Å². The van der Waals surface area contributed by atoms with Crippen molar-refractivity contribution in [2.75, 3.05) is 7.11 Å². The Bertz CT molecular complexity index is 1210. The molecule has 1 heterocycles. The quantitative estimate of drug-likeness (QED) is 0.332. The number of halogens is 2. The number of hydrogen-bond acceptors (Lipinski definition) is 5. The van der Waals surface area contributed by atoms with Crippen LogP contribution in [0.1, 0.15) is 16.7 Å². The lowest BCUT2D eigenvalue weighted by Crippen LogP contribution is -2.27. The third-order valence-electron chi connectivity index (χ3n) is 4.92. The van der Waals surface area contributed by atoms with Gasteiger partial charge in [-0.05, 0) is 70.9 Å². The molecule has 0 saturated carbocycles. The van der Waals surface area contributed by atoms with Crippen LogP contribution in [0.3, 0.4) is 0 Å². The van der Waals surface area contributed by atoms with Gasteiger partial charge in [0.25, 0.3) is 11.1 Å². The van der Waals surface area contributed by atoms with E-state index >= 15 is 0 Å². The summed E-state index contributed by atoms with van der Waals surface area (Å²) in [4.78, 5) is 26.8. The summed E-state index contributed by atoms with van der Waals surface area (Å²) >= 11 is 4.29. The molecule has 0 radical (unpaired) electrons. The van der Waals surface area contributed by atoms with Crippen molar-refractivity contribution in [3.63, 3.8) is 0 Å². The summed E-state index contributed by atoms with van der Waals surface area (Å²) in [6.45, 7) is 0.472. The van der Waals surface area contributed by atoms with E-state index in [0.29, 0.717) is 22.0 Å². The number of carbonyl (C=O) groups excluding carboxylic acids is 2. The van der Waals surface area contributed by atoms with Gasteiger partial charge in [0.1, 0.15) is 12.4 Å². The van der Waals surface area contributed by atoms with Crippen molar-refractivity contribution in [1.82, 2.24) is 4.90 Å². The third-order valence-corrected chi connectivity index (χ3v) is 6.36. The van der Waals surface area contributed by atoms with E-state index < -0.39 is 0 Å². The van der Waals surface area contributed by atoms with Gasteiger partial charge in [-0.3, -0.25) is 14.5 Å². The second kappa shape index (κ2) is 10.2. The van der Waals surface area contributed by atoms with Gasteiger partial charge < -0.3 is 9.47 Å². The van der Waals surface area contributed by atoms with Crippen molar-refractivity contribution in [2.45, 2.75) is 13.2 Å². The first-order valence-corrected chi connectivity index (χ1v) is 11.6. The zero-order valence-corrected chi connectivity index (χ0v) is 20.0. The number of ether oxygens (including phenoxy) is 2. The number of thioether (sulfide) groups is 1. The molecular weight excluding hydrogens is 509 g/mol. The minimum absolute atomic E-state index is 0.217. The molecule has 8 heteroatoms. The van der Waals surface area contributed by atoms with Crippen LogP contribution < -0.4 is 9.47 Å². The van der Waals surface area contributed by atoms with Crippen LogP contribution in [0.25, 0.3) is 6.08 Å². The van der Waals surface area contributed by atoms with Crippen LogP contribution >= 0.6 is 27.7 Å². The summed E-state index contributed by atoms with van der Waals surface area (Å²) in [5, 5.41) is -0.305. The standard InChI is InChI=1S/C25H19BrFNO4S/c1-31-22-12-18(6-11-21(22)32-15-17-4-9-20(27)10-5-17)13-23-24(29)28(25(30)33-23)14-16-2-7-19(26)8-3-16/h2-13H,14-15H2,1H3/b23-13-. The van der Waals surface area contributed by atoms with Gasteiger partial charge >= 0.3 is 0 Å². The highest BCUT2D eigenvalue weighted by molar-refractivity contribution is 9.10. The molecule has 0 bridgehead atoms. The highest BCUT2D eigenvalue weighted by Gasteiger charge is 2.35. The first kappa shape index (κ1) is 23.1. The van der Waals surface area contributed by atoms with Crippen LogP contribution in [0.15, 0.2) is 76.1 Å². The molecule has 5 nitrogen and oxygen atoms in total. The first-order valence-electron chi connectivity index (χ1n) is 9.98. The Balaban J connectivity index is 1.47. The minimum atomic E-state index is -0.330. The molecule has 0 atom stereocenters. The molecule has 0 aliphatic carbocycles. The number of carbonyl (C=O) groups is 2. The van der Waals surface area contributed by atoms with E-state index in [2.05, 4.69) is 15.9 Å². The van der Waals surface area contributed by atoms with E-state index in [1.54, 1.807) is 36.4 Å². The lowest BCUT2D eigenvalue weighted by Gasteiger charge is -2.12. The molecule has 0 aromatic heterocycles. The van der Waals surface area contributed by atoms with Gasteiger partial charge in [-0.1, -0.05) is 46.3 Å². The highest BCUT2D eigenvalue weighted by Crippen LogP contribution is 2.35. The smallest absolute Gasteiger partial charge is 0.293 e. The summed E-state index contributed by atoms with van der Waals surface area (Å²) in [5.41, 5.74) is 2.39. The van der Waals surface area contributed by atoms with E-state index in [1.807, 2.05) is 24.3 Å². The Morgan fingerprint density at radius 3 is 2.36 bits per heavy atom. The molecule has 4 rings (SSSR count). The van der Waals surface area contributed by atoms with E-state index in [0.717, 1.165) is 27.4 Å². The monoisotopic (exact) mass is 527 g/mol. The number of rotatable bonds is 7. The van der Waals surface area contributed by atoms with Crippen molar-refractivity contribution in [3.8, 4) is 11.5 Å². The van der Waals surface area contributed by atoms with Crippen molar-refractivity contribution in [2.24, 2.45) is 0 Å². The molecule has 1 fully saturated rings. The summed E-state index contributed by atoms with van der Waals surface area (Å²) in [7, 11) is 1.52. The van der Waals surface area contributed by atoms with Gasteiger partial charge in [-0.15, -0.1) is 0 Å². The van der Waals surface area contributed by atoms with Crippen molar-refractivity contribution < 1.29 is 23.5 Å². The number of nitrogens with zero attached hydrogens (tertiary/aromatic N) is 1. The van der Waals surface area contributed by atoms with Gasteiger partial charge in [0.15, 0.2) is 11.5 Å². The zero-order chi connectivity index (χ0) is 23.4. The molecule has 3 aromatic carbocycles. The normalized spacial score (nSPS) is 14.8. The molecule has 168 valence electrons. The largest absolute Gasteiger partial charge is 0.493 e. The van der Waals surface area contributed by atoms with Crippen molar-refractivity contribution in [3.05, 3.63) is 98.6 Å². The predicted molar refractivity (Wildman–Crippen MR) is 129 cm³/mol. The number of hydrogen-bond donors (Lipinski definition) is 0. The Labute approximate surface area is 203 Å². The Morgan fingerprint density at radius 2 is 1.67 bits per heavy atom. The molecule has 3 aromatic rings. The minimum Gasteiger partial charge on any atom is -0.493 e. The number of methoxy groups -OCH3 is 1. The molecule has 0 spiro atoms. The number of imide groups is 1. The Morgan fingerprint density at radius 1 is 0.970 bits per heavy atom. The van der Waals surface area contributed by atoms with Crippen LogP contribution in [-0.4, -0.2) is 23.2 Å². The maximum absolute atomic E-state index is 13.1. The van der Waals surface area contributed by atoms with Gasteiger partial charge in [0, 0.05) is 4.47 Å². The molecule has 2 amide bonds. The van der Waals surface area contributed by atoms with E-state index in [-0.39, 0.29) is 30.1 Å². The van der Waals surface area contributed by atoms with E-state index in [1.165, 1.54) is 24.1 Å². The van der Waals surface area contributed by atoms with E-state index in [4.69, 9.17) is 9.47 Å². The topological polar surface area (TPSA) is 55.8 Å². The van der Waals surface area contributed by atoms with Crippen LogP contribution in [0.5, 0.6) is 11.5 Å². The van der Waals surface area contributed by atoms with Gasteiger partial charge in [-0.25, -0.2) is 4.39 Å². The molecule has 1 aliphatic rings. The Hall–Kier alpha value is -3.10. The highest BCUT2D eigenvalue weighted by atomic mass is 79.9. The van der Waals surface area contributed by atoms with Gasteiger partial charge in [0.2, 0.25) is 0 Å². The lowest BCUT2D eigenvalue weighted by atomic mass is 10.1. The molecule has 0 unspecified atom stereocenters. The second-order valence-corrected chi connectivity index (χ2v) is 9.13. The van der Waals surface area contributed by atoms with E-state index in [9.17, 15) is 14.0 Å². The second-order valence-electron chi connectivity index (χ2n) is 7.22. The van der Waals surface area contributed by atoms with Gasteiger partial charge in [-0.2, -0.15) is 0 Å². The molecule has 0 N–H and O–H groups in total. The van der Waals surface area contributed by atoms with Crippen molar-refractivity contribution >= 4 is 44.9 Å². The van der Waals surface area contributed by atoms with Crippen molar-refractivity contribution in [1.29, 1.82) is 0 Å². The summed E-state index contributed by atoms with van der Waals surface area (Å²) < 4.78 is 25.2. The fourth-order valence-corrected chi connectivity index (χ4v) is 4.30. The SMILES string of the molecule is COc1cc(/C=C2\SC(=O)N(Cc3ccc(Br)cc3)C2=O)ccc1OCc1ccc(F)cc1. The molecular formula is C25H19BrFNO4S. The third kappa shape index (κ3) is 5.64. The summed E-state index contributed by atoms with van der Waals surface area (Å²) in [5.74, 6) is 0.368. The van der Waals surface area contributed by atoms with Crippen LogP contribution in [-0.2, 0) is 17.9 Å². The average molecular weight is 528 g/mol. The molecule has 1 aliphatic heterocycles. The summed E-state index contributed by atoms with van der Waals surface area (Å²) in [6, 6.07) is 18.8. The number of amides is 2. The average Bonchev–Trinajstić information content (AvgIpc) is 3.07. The summed E-state index contributed by atoms with van der Waals surface area (Å²) in [6.07, 6.45) is 1.67. The fourth-order valence-electron chi connectivity index (χ4n) is 3.19. The maximum Gasteiger partial charge on any atom is 0.293 e.